The summed E-state index contributed by atoms with van der Waals surface area (Å²) in [5.41, 5.74) is 4.45. The highest BCUT2D eigenvalue weighted by molar-refractivity contribution is 7.90. The molecule has 1 amide bonds. The molecule has 2 atom stereocenters. The summed E-state index contributed by atoms with van der Waals surface area (Å²) in [6.07, 6.45) is 12.1. The van der Waals surface area contributed by atoms with E-state index in [0.717, 1.165) is 55.8 Å². The summed E-state index contributed by atoms with van der Waals surface area (Å²) < 4.78 is 47.3. The number of aromatic amines is 1. The molecule has 5 heterocycles. The summed E-state index contributed by atoms with van der Waals surface area (Å²) >= 11 is 0. The molecule has 3 aliphatic heterocycles. The molecule has 3 N–H and O–H groups in total. The Labute approximate surface area is 366 Å². The van der Waals surface area contributed by atoms with Gasteiger partial charge in [0.05, 0.1) is 53.5 Å². The average molecular weight is 876 g/mol. The van der Waals surface area contributed by atoms with Crippen molar-refractivity contribution in [2.45, 2.75) is 92.3 Å². The zero-order valence-electron chi connectivity index (χ0n) is 35.1. The molecule has 330 valence electrons. The predicted molar refractivity (Wildman–Crippen MR) is 237 cm³/mol. The van der Waals surface area contributed by atoms with E-state index in [1.165, 1.54) is 43.4 Å². The van der Waals surface area contributed by atoms with Crippen LogP contribution in [0.5, 0.6) is 11.5 Å². The van der Waals surface area contributed by atoms with Crippen LogP contribution >= 0.6 is 0 Å². The summed E-state index contributed by atoms with van der Waals surface area (Å²) in [5.74, 6) is 0.582. The maximum absolute atomic E-state index is 14.0. The molecule has 2 saturated carbocycles. The van der Waals surface area contributed by atoms with Crippen LogP contribution in [0.4, 0.5) is 11.4 Å². The van der Waals surface area contributed by atoms with E-state index in [1.54, 1.807) is 30.1 Å². The number of nitro benzene ring substituents is 1. The van der Waals surface area contributed by atoms with Gasteiger partial charge < -0.3 is 24.5 Å². The Balaban J connectivity index is 0.851. The van der Waals surface area contributed by atoms with Gasteiger partial charge in [-0.2, -0.15) is 0 Å². The van der Waals surface area contributed by atoms with E-state index in [1.807, 2.05) is 18.2 Å². The molecular formula is C47H53N7O8S. The van der Waals surface area contributed by atoms with Crippen LogP contribution in [0.2, 0.25) is 0 Å². The minimum atomic E-state index is -4.57. The number of carbonyl (C=O) groups is 1. The monoisotopic (exact) mass is 875 g/mol. The van der Waals surface area contributed by atoms with E-state index < -0.39 is 31.4 Å². The highest BCUT2D eigenvalue weighted by atomic mass is 32.2. The number of H-pyrrole nitrogens is 1. The highest BCUT2D eigenvalue weighted by Gasteiger charge is 2.38. The Morgan fingerprint density at radius 1 is 0.921 bits per heavy atom. The summed E-state index contributed by atoms with van der Waals surface area (Å²) in [7, 11) is -4.57. The van der Waals surface area contributed by atoms with Gasteiger partial charge in [0.1, 0.15) is 22.8 Å². The molecule has 3 aromatic carbocycles. The first-order chi connectivity index (χ1) is 30.7. The van der Waals surface area contributed by atoms with Crippen LogP contribution in [-0.4, -0.2) is 103 Å². The Hall–Kier alpha value is -5.39. The molecule has 15 nitrogen and oxygen atoms in total. The minimum Gasteiger partial charge on any atom is -0.455 e. The summed E-state index contributed by atoms with van der Waals surface area (Å²) in [4.78, 5) is 37.7. The number of nitrogens with zero attached hydrogens (tertiary/aromatic N) is 4. The van der Waals surface area contributed by atoms with Crippen molar-refractivity contribution in [1.82, 2.24) is 24.5 Å². The fraction of sp³-hybridized carbons (Fsp3) is 0.447. The summed E-state index contributed by atoms with van der Waals surface area (Å²) in [6, 6.07) is 22.9. The summed E-state index contributed by atoms with van der Waals surface area (Å²) in [5, 5.41) is 16.1. The molecular weight excluding hydrogens is 823 g/mol. The molecule has 5 aliphatic rings. The van der Waals surface area contributed by atoms with E-state index in [0.29, 0.717) is 61.8 Å². The first kappa shape index (κ1) is 41.6. The van der Waals surface area contributed by atoms with Gasteiger partial charge in [-0.05, 0) is 123 Å². The number of benzene rings is 3. The normalized spacial score (nSPS) is 23.6. The first-order valence-electron chi connectivity index (χ1n) is 22.3. The van der Waals surface area contributed by atoms with E-state index in [4.69, 9.17) is 14.2 Å². The molecule has 5 aromatic rings. The van der Waals surface area contributed by atoms with Crippen molar-refractivity contribution in [3.8, 4) is 11.5 Å². The Bertz CT molecular complexity index is 2610. The maximum atomic E-state index is 14.0. The van der Waals surface area contributed by atoms with Gasteiger partial charge >= 0.3 is 0 Å². The molecule has 3 saturated heterocycles. The van der Waals surface area contributed by atoms with Gasteiger partial charge in [-0.1, -0.05) is 30.3 Å². The van der Waals surface area contributed by atoms with Crippen LogP contribution in [0.15, 0.2) is 90.1 Å². The lowest BCUT2D eigenvalue weighted by Gasteiger charge is -2.42. The van der Waals surface area contributed by atoms with Gasteiger partial charge in [0.2, 0.25) is 0 Å². The molecule has 63 heavy (non-hydrogen) atoms. The van der Waals surface area contributed by atoms with Crippen molar-refractivity contribution in [2.24, 2.45) is 0 Å². The second kappa shape index (κ2) is 17.6. The number of sulfonamides is 1. The maximum Gasteiger partial charge on any atom is 0.293 e. The largest absolute Gasteiger partial charge is 0.455 e. The number of hydrogen-bond donors (Lipinski definition) is 3. The van der Waals surface area contributed by atoms with Gasteiger partial charge in [-0.15, -0.1) is 0 Å². The van der Waals surface area contributed by atoms with Gasteiger partial charge in [0.25, 0.3) is 21.6 Å². The number of rotatable bonds is 14. The fourth-order valence-corrected chi connectivity index (χ4v) is 11.1. The highest BCUT2D eigenvalue weighted by Crippen LogP contribution is 2.48. The molecule has 5 fully saturated rings. The van der Waals surface area contributed by atoms with Crippen molar-refractivity contribution >= 4 is 38.3 Å². The number of nitrogens with one attached hydrogen (secondary N) is 3. The van der Waals surface area contributed by atoms with Crippen molar-refractivity contribution in [2.75, 3.05) is 51.3 Å². The van der Waals surface area contributed by atoms with Gasteiger partial charge in [-0.3, -0.25) is 24.7 Å². The SMILES string of the molecule is O=C(NS(=O)(=O)c1ccc(NCC2CN(C3COC3)CCO2)c([N+](=O)[O-])c1)c1ccc(C2CCC(N3CCCC3c3ccccc3C3CC3)CC2)cc1Oc1cnc2[nH]ccc2c1. The molecule has 0 bridgehead atoms. The molecule has 0 spiro atoms. The molecule has 16 heteroatoms. The number of morpholine rings is 1. The quantitative estimate of drug-likeness (QED) is 0.0734. The van der Waals surface area contributed by atoms with Crippen LogP contribution in [0.1, 0.15) is 96.3 Å². The number of pyridine rings is 1. The van der Waals surface area contributed by atoms with E-state index in [-0.39, 0.29) is 35.6 Å². The lowest BCUT2D eigenvalue weighted by molar-refractivity contribution is -0.384. The Morgan fingerprint density at radius 3 is 2.51 bits per heavy atom. The smallest absolute Gasteiger partial charge is 0.293 e. The minimum absolute atomic E-state index is 0.00203. The van der Waals surface area contributed by atoms with Crippen molar-refractivity contribution in [1.29, 1.82) is 0 Å². The van der Waals surface area contributed by atoms with Gasteiger partial charge in [0.15, 0.2) is 0 Å². The Kier molecular flexibility index (Phi) is 11.7. The Morgan fingerprint density at radius 2 is 1.73 bits per heavy atom. The predicted octanol–water partition coefficient (Wildman–Crippen LogP) is 7.63. The van der Waals surface area contributed by atoms with Crippen LogP contribution in [0.25, 0.3) is 11.0 Å². The number of carbonyl (C=O) groups excluding carboxylic acids is 1. The second-order valence-electron chi connectivity index (χ2n) is 17.7. The number of anilines is 1. The van der Waals surface area contributed by atoms with E-state index >= 15 is 0 Å². The van der Waals surface area contributed by atoms with Crippen LogP contribution in [-0.2, 0) is 19.5 Å². The first-order valence-corrected chi connectivity index (χ1v) is 23.8. The standard InChI is InChI=1S/C47H53N7O8S/c55-47(51-63(58,59)38-14-16-42(44(24-38)54(56)57)49-26-37-27-52(20-21-61-37)35-28-60-29-35)41-15-11-32(23-45(41)62-36-22-33-17-18-48-46(33)50-25-36)30-9-12-34(13-10-30)53-19-3-6-43(53)40-5-2-1-4-39(40)31-7-8-31/h1-2,4-5,11,14-18,22-25,30-31,34-35,37,43,49H,3,6-10,12-13,19-21,26-29H2,(H,48,50)(H,51,55). The van der Waals surface area contributed by atoms with Crippen molar-refractivity contribution in [3.63, 3.8) is 0 Å². The molecule has 2 aromatic heterocycles. The molecule has 2 unspecified atom stereocenters. The lowest BCUT2D eigenvalue weighted by atomic mass is 9.80. The zero-order chi connectivity index (χ0) is 43.1. The fourth-order valence-electron chi connectivity index (χ4n) is 10.1. The number of nitro groups is 1. The number of likely N-dealkylation sites (tertiary alicyclic amines) is 1. The number of fused-ring (bicyclic) bond motifs is 1. The number of aromatic nitrogens is 2. The molecule has 0 radical (unpaired) electrons. The lowest BCUT2D eigenvalue weighted by Crippen LogP contribution is -2.56. The van der Waals surface area contributed by atoms with Gasteiger partial charge in [0, 0.05) is 49.4 Å². The summed E-state index contributed by atoms with van der Waals surface area (Å²) in [6.45, 7) is 4.73. The van der Waals surface area contributed by atoms with Gasteiger partial charge in [-0.25, -0.2) is 18.1 Å². The number of amides is 1. The average Bonchev–Trinajstić information content (AvgIpc) is 3.81. The zero-order valence-corrected chi connectivity index (χ0v) is 35.9. The number of ether oxygens (including phenoxy) is 3. The molecule has 10 rings (SSSR count). The van der Waals surface area contributed by atoms with Crippen LogP contribution in [0.3, 0.4) is 0 Å². The molecule has 2 aliphatic carbocycles. The third kappa shape index (κ3) is 8.92. The van der Waals surface area contributed by atoms with E-state index in [2.05, 4.69) is 54.1 Å². The second-order valence-corrected chi connectivity index (χ2v) is 19.4. The van der Waals surface area contributed by atoms with Crippen molar-refractivity contribution < 1.29 is 32.3 Å². The number of hydrogen-bond acceptors (Lipinski definition) is 12. The van der Waals surface area contributed by atoms with Crippen molar-refractivity contribution in [3.05, 3.63) is 118 Å². The van der Waals surface area contributed by atoms with Crippen LogP contribution in [0, 0.1) is 10.1 Å². The topological polar surface area (TPSA) is 181 Å². The van der Waals surface area contributed by atoms with Crippen LogP contribution < -0.4 is 14.8 Å². The third-order valence-corrected chi connectivity index (χ3v) is 15.0. The third-order valence-electron chi connectivity index (χ3n) is 13.7. The van der Waals surface area contributed by atoms with E-state index in [9.17, 15) is 23.3 Å².